The van der Waals surface area contributed by atoms with Crippen LogP contribution in [0.5, 0.6) is 0 Å². The Hall–Kier alpha value is -2.00. The Morgan fingerprint density at radius 1 is 1.37 bits per heavy atom. The third-order valence-corrected chi connectivity index (χ3v) is 4.90. The van der Waals surface area contributed by atoms with Crippen LogP contribution in [0.25, 0.3) is 0 Å². The second-order valence-electron chi connectivity index (χ2n) is 3.56. The fourth-order valence-electron chi connectivity index (χ4n) is 1.44. The van der Waals surface area contributed by atoms with Crippen molar-refractivity contribution in [2.24, 2.45) is 0 Å². The van der Waals surface area contributed by atoms with E-state index in [1.54, 1.807) is 0 Å². The number of hydrogen-bond acceptors (Lipinski definition) is 6. The molecule has 0 radical (unpaired) electrons. The quantitative estimate of drug-likeness (QED) is 0.881. The summed E-state index contributed by atoms with van der Waals surface area (Å²) in [6, 6.07) is 1.54. The standard InChI is InChI=1S/C10H9N3O4S2/c1-6-5-18-7(9(14)15)8(6)19(16,17)13-10-11-3-2-4-12-10/h2-5H,1H3,(H,14,15)(H,11,12,13). The van der Waals surface area contributed by atoms with E-state index in [-0.39, 0.29) is 15.7 Å². The molecule has 2 aromatic rings. The van der Waals surface area contributed by atoms with Crippen LogP contribution in [0.4, 0.5) is 5.95 Å². The van der Waals surface area contributed by atoms with Gasteiger partial charge >= 0.3 is 5.97 Å². The largest absolute Gasteiger partial charge is 0.477 e. The molecule has 2 heterocycles. The summed E-state index contributed by atoms with van der Waals surface area (Å²) < 4.78 is 26.5. The Balaban J connectivity index is 2.46. The number of rotatable bonds is 4. The van der Waals surface area contributed by atoms with Crippen molar-refractivity contribution in [1.82, 2.24) is 9.97 Å². The predicted octanol–water partition coefficient (Wildman–Crippen LogP) is 1.35. The van der Waals surface area contributed by atoms with Gasteiger partial charge < -0.3 is 5.11 Å². The van der Waals surface area contributed by atoms with Crippen LogP contribution in [-0.4, -0.2) is 29.5 Å². The molecule has 9 heteroatoms. The number of thiophene rings is 1. The monoisotopic (exact) mass is 299 g/mol. The van der Waals surface area contributed by atoms with E-state index in [4.69, 9.17) is 5.11 Å². The first-order chi connectivity index (χ1) is 8.92. The summed E-state index contributed by atoms with van der Waals surface area (Å²) in [4.78, 5) is 18.0. The minimum atomic E-state index is -4.02. The SMILES string of the molecule is Cc1csc(C(=O)O)c1S(=O)(=O)Nc1ncccn1. The number of hydrogen-bond donors (Lipinski definition) is 2. The molecule has 2 rings (SSSR count). The van der Waals surface area contributed by atoms with Gasteiger partial charge in [-0.05, 0) is 23.9 Å². The van der Waals surface area contributed by atoms with Gasteiger partial charge in [0.25, 0.3) is 10.0 Å². The van der Waals surface area contributed by atoms with Gasteiger partial charge in [0.2, 0.25) is 5.95 Å². The zero-order chi connectivity index (χ0) is 14.0. The molecule has 0 aliphatic heterocycles. The zero-order valence-electron chi connectivity index (χ0n) is 9.69. The van der Waals surface area contributed by atoms with E-state index in [2.05, 4.69) is 14.7 Å². The lowest BCUT2D eigenvalue weighted by Crippen LogP contribution is -2.17. The van der Waals surface area contributed by atoms with Crippen LogP contribution in [-0.2, 0) is 10.0 Å². The van der Waals surface area contributed by atoms with Crippen molar-refractivity contribution in [3.63, 3.8) is 0 Å². The average Bonchev–Trinajstić information content (AvgIpc) is 2.73. The fourth-order valence-corrected chi connectivity index (χ4v) is 4.03. The van der Waals surface area contributed by atoms with Gasteiger partial charge in [0.1, 0.15) is 9.77 Å². The molecule has 0 spiro atoms. The van der Waals surface area contributed by atoms with Gasteiger partial charge in [0.15, 0.2) is 0 Å². The number of aromatic nitrogens is 2. The fraction of sp³-hybridized carbons (Fsp3) is 0.100. The minimum Gasteiger partial charge on any atom is -0.477 e. The van der Waals surface area contributed by atoms with Crippen molar-refractivity contribution in [2.45, 2.75) is 11.8 Å². The molecule has 0 amide bonds. The Kier molecular flexibility index (Phi) is 3.49. The maximum absolute atomic E-state index is 12.2. The van der Waals surface area contributed by atoms with E-state index >= 15 is 0 Å². The maximum Gasteiger partial charge on any atom is 0.347 e. The summed E-state index contributed by atoms with van der Waals surface area (Å²) >= 11 is 0.862. The number of carboxylic acids is 1. The first-order valence-corrected chi connectivity index (χ1v) is 7.39. The number of carboxylic acid groups (broad SMARTS) is 1. The van der Waals surface area contributed by atoms with E-state index in [1.165, 1.54) is 30.8 Å². The highest BCUT2D eigenvalue weighted by Gasteiger charge is 2.27. The average molecular weight is 299 g/mol. The third kappa shape index (κ3) is 2.71. The highest BCUT2D eigenvalue weighted by atomic mass is 32.2. The summed E-state index contributed by atoms with van der Waals surface area (Å²) in [6.45, 7) is 1.53. The number of aromatic carboxylic acids is 1. The van der Waals surface area contributed by atoms with Crippen LogP contribution in [0, 0.1) is 6.92 Å². The van der Waals surface area contributed by atoms with Gasteiger partial charge in [-0.1, -0.05) is 0 Å². The molecular weight excluding hydrogens is 290 g/mol. The molecule has 0 saturated heterocycles. The van der Waals surface area contributed by atoms with E-state index in [0.29, 0.717) is 5.56 Å². The highest BCUT2D eigenvalue weighted by molar-refractivity contribution is 7.93. The number of carbonyl (C=O) groups is 1. The summed E-state index contributed by atoms with van der Waals surface area (Å²) in [5.41, 5.74) is 0.367. The molecule has 100 valence electrons. The number of aryl methyl sites for hydroxylation is 1. The van der Waals surface area contributed by atoms with Gasteiger partial charge in [-0.3, -0.25) is 0 Å². The van der Waals surface area contributed by atoms with Crippen molar-refractivity contribution in [3.05, 3.63) is 34.3 Å². The van der Waals surface area contributed by atoms with Crippen LogP contribution < -0.4 is 4.72 Å². The molecule has 0 aromatic carbocycles. The second-order valence-corrected chi connectivity index (χ2v) is 6.06. The van der Waals surface area contributed by atoms with Crippen LogP contribution in [0.3, 0.4) is 0 Å². The molecule has 2 aromatic heterocycles. The first-order valence-electron chi connectivity index (χ1n) is 5.03. The normalized spacial score (nSPS) is 11.2. The number of nitrogens with zero attached hydrogens (tertiary/aromatic N) is 2. The van der Waals surface area contributed by atoms with Gasteiger partial charge in [-0.2, -0.15) is 0 Å². The molecule has 0 aliphatic rings. The molecule has 2 N–H and O–H groups in total. The molecule has 7 nitrogen and oxygen atoms in total. The summed E-state index contributed by atoms with van der Waals surface area (Å²) in [6.07, 6.45) is 2.76. The Morgan fingerprint density at radius 3 is 2.58 bits per heavy atom. The number of nitrogens with one attached hydrogen (secondary N) is 1. The molecular formula is C10H9N3O4S2. The van der Waals surface area contributed by atoms with Crippen molar-refractivity contribution in [1.29, 1.82) is 0 Å². The topological polar surface area (TPSA) is 109 Å². The maximum atomic E-state index is 12.2. The molecule has 0 saturated carbocycles. The molecule has 0 aliphatic carbocycles. The number of sulfonamides is 1. The minimum absolute atomic E-state index is 0.107. The van der Waals surface area contributed by atoms with Gasteiger partial charge in [-0.25, -0.2) is 27.9 Å². The number of anilines is 1. The lowest BCUT2D eigenvalue weighted by Gasteiger charge is -2.06. The van der Waals surface area contributed by atoms with E-state index in [9.17, 15) is 13.2 Å². The van der Waals surface area contributed by atoms with Gasteiger partial charge in [0.05, 0.1) is 0 Å². The van der Waals surface area contributed by atoms with Crippen molar-refractivity contribution in [2.75, 3.05) is 4.72 Å². The first kappa shape index (κ1) is 13.4. The lowest BCUT2D eigenvalue weighted by molar-refractivity contribution is 0.0698. The predicted molar refractivity (Wildman–Crippen MR) is 68.9 cm³/mol. The van der Waals surface area contributed by atoms with Crippen LogP contribution >= 0.6 is 11.3 Å². The Bertz CT molecular complexity index is 710. The second kappa shape index (κ2) is 4.94. The molecule has 19 heavy (non-hydrogen) atoms. The smallest absolute Gasteiger partial charge is 0.347 e. The summed E-state index contributed by atoms with van der Waals surface area (Å²) in [7, 11) is -4.02. The Morgan fingerprint density at radius 2 is 2.00 bits per heavy atom. The summed E-state index contributed by atoms with van der Waals surface area (Å²) in [5.74, 6) is -1.39. The van der Waals surface area contributed by atoms with E-state index in [1.807, 2.05) is 0 Å². The zero-order valence-corrected chi connectivity index (χ0v) is 11.3. The highest BCUT2D eigenvalue weighted by Crippen LogP contribution is 2.27. The van der Waals surface area contributed by atoms with E-state index < -0.39 is 16.0 Å². The summed E-state index contributed by atoms with van der Waals surface area (Å²) in [5, 5.41) is 10.5. The van der Waals surface area contributed by atoms with Crippen molar-refractivity contribution >= 4 is 33.3 Å². The van der Waals surface area contributed by atoms with Crippen LogP contribution in [0.15, 0.2) is 28.7 Å². The van der Waals surface area contributed by atoms with Crippen LogP contribution in [0.2, 0.25) is 0 Å². The van der Waals surface area contributed by atoms with Gasteiger partial charge in [0, 0.05) is 12.4 Å². The Labute approximate surface area is 113 Å². The van der Waals surface area contributed by atoms with Crippen LogP contribution in [0.1, 0.15) is 15.2 Å². The third-order valence-electron chi connectivity index (χ3n) is 2.17. The molecule has 0 fully saturated rings. The molecule has 0 atom stereocenters. The lowest BCUT2D eigenvalue weighted by atomic mass is 10.3. The van der Waals surface area contributed by atoms with Crippen molar-refractivity contribution < 1.29 is 18.3 Å². The van der Waals surface area contributed by atoms with E-state index in [0.717, 1.165) is 11.3 Å². The van der Waals surface area contributed by atoms with Crippen molar-refractivity contribution in [3.8, 4) is 0 Å². The van der Waals surface area contributed by atoms with Gasteiger partial charge in [-0.15, -0.1) is 11.3 Å². The molecule has 0 bridgehead atoms. The molecule has 0 unspecified atom stereocenters.